The predicted octanol–water partition coefficient (Wildman–Crippen LogP) is 1.78. The molecule has 0 aliphatic heterocycles. The maximum Gasteiger partial charge on any atom is 0.127 e. The van der Waals surface area contributed by atoms with Crippen molar-refractivity contribution < 1.29 is 4.39 Å². The summed E-state index contributed by atoms with van der Waals surface area (Å²) in [6.07, 6.45) is 1.73. The van der Waals surface area contributed by atoms with E-state index in [0.29, 0.717) is 6.54 Å². The minimum Gasteiger partial charge on any atom is -0.324 e. The molecule has 2 rings (SSSR count). The molecule has 0 bridgehead atoms. The van der Waals surface area contributed by atoms with Gasteiger partial charge in [0.05, 0.1) is 6.54 Å². The molecule has 3 nitrogen and oxygen atoms in total. The second-order valence-corrected chi connectivity index (χ2v) is 3.34. The highest BCUT2D eigenvalue weighted by molar-refractivity contribution is 5.35. The van der Waals surface area contributed by atoms with Gasteiger partial charge >= 0.3 is 0 Å². The lowest BCUT2D eigenvalue weighted by Crippen LogP contribution is -2.08. The summed E-state index contributed by atoms with van der Waals surface area (Å²) >= 11 is 0. The fourth-order valence-electron chi connectivity index (χ4n) is 1.60. The van der Waals surface area contributed by atoms with E-state index >= 15 is 0 Å². The molecule has 0 fully saturated rings. The molecular formula is C11H12FN3. The van der Waals surface area contributed by atoms with Gasteiger partial charge in [-0.05, 0) is 25.1 Å². The third kappa shape index (κ3) is 1.76. The summed E-state index contributed by atoms with van der Waals surface area (Å²) in [5.74, 6) is 0.474. The third-order valence-corrected chi connectivity index (χ3v) is 2.26. The quantitative estimate of drug-likeness (QED) is 0.812. The Morgan fingerprint density at radius 1 is 1.47 bits per heavy atom. The molecule has 15 heavy (non-hydrogen) atoms. The van der Waals surface area contributed by atoms with E-state index in [1.807, 2.05) is 17.6 Å². The van der Waals surface area contributed by atoms with Gasteiger partial charge in [-0.2, -0.15) is 0 Å². The van der Waals surface area contributed by atoms with Crippen molar-refractivity contribution in [2.24, 2.45) is 5.73 Å². The first-order valence-electron chi connectivity index (χ1n) is 4.71. The van der Waals surface area contributed by atoms with Crippen molar-refractivity contribution in [3.05, 3.63) is 47.8 Å². The van der Waals surface area contributed by atoms with Crippen LogP contribution in [0.3, 0.4) is 0 Å². The van der Waals surface area contributed by atoms with Crippen LogP contribution in [-0.2, 0) is 6.54 Å². The Labute approximate surface area is 87.4 Å². The number of aryl methyl sites for hydroxylation is 1. The van der Waals surface area contributed by atoms with Gasteiger partial charge in [-0.3, -0.25) is 4.57 Å². The van der Waals surface area contributed by atoms with E-state index in [9.17, 15) is 4.39 Å². The minimum atomic E-state index is -0.261. The van der Waals surface area contributed by atoms with E-state index in [1.54, 1.807) is 12.3 Å². The van der Waals surface area contributed by atoms with Crippen LogP contribution in [0.4, 0.5) is 4.39 Å². The highest BCUT2D eigenvalue weighted by Gasteiger charge is 2.07. The Morgan fingerprint density at radius 2 is 2.27 bits per heavy atom. The van der Waals surface area contributed by atoms with Crippen LogP contribution in [0, 0.1) is 12.7 Å². The van der Waals surface area contributed by atoms with Crippen molar-refractivity contribution in [2.75, 3.05) is 0 Å². The van der Waals surface area contributed by atoms with E-state index in [-0.39, 0.29) is 5.82 Å². The van der Waals surface area contributed by atoms with Gasteiger partial charge in [0.25, 0.3) is 0 Å². The van der Waals surface area contributed by atoms with Gasteiger partial charge in [0.1, 0.15) is 11.6 Å². The first-order valence-corrected chi connectivity index (χ1v) is 4.71. The number of aromatic nitrogens is 2. The number of nitrogens with zero attached hydrogens (tertiary/aromatic N) is 2. The summed E-state index contributed by atoms with van der Waals surface area (Å²) in [5.41, 5.74) is 7.26. The normalized spacial score (nSPS) is 10.6. The molecule has 1 aromatic carbocycles. The first-order chi connectivity index (χ1) is 7.22. The van der Waals surface area contributed by atoms with Crippen molar-refractivity contribution in [1.29, 1.82) is 0 Å². The Bertz CT molecular complexity index is 476. The number of hydrogen-bond acceptors (Lipinski definition) is 2. The molecule has 0 unspecified atom stereocenters. The van der Waals surface area contributed by atoms with Crippen molar-refractivity contribution in [3.63, 3.8) is 0 Å². The lowest BCUT2D eigenvalue weighted by Gasteiger charge is -2.08. The summed E-state index contributed by atoms with van der Waals surface area (Å²) in [6, 6.07) is 6.38. The number of rotatable bonds is 2. The standard InChI is InChI=1S/C11H12FN3/c1-8-7-14-11(6-13)15(8)10-4-2-3-9(12)5-10/h2-5,7H,6,13H2,1H3. The second-order valence-electron chi connectivity index (χ2n) is 3.34. The average Bonchev–Trinajstić information content (AvgIpc) is 2.59. The van der Waals surface area contributed by atoms with Crippen LogP contribution in [0.1, 0.15) is 11.5 Å². The number of imidazole rings is 1. The maximum absolute atomic E-state index is 13.1. The second kappa shape index (κ2) is 3.82. The van der Waals surface area contributed by atoms with Gasteiger partial charge in [0.15, 0.2) is 0 Å². The van der Waals surface area contributed by atoms with Gasteiger partial charge in [-0.1, -0.05) is 6.07 Å². The van der Waals surface area contributed by atoms with E-state index < -0.39 is 0 Å². The van der Waals surface area contributed by atoms with Crippen molar-refractivity contribution in [3.8, 4) is 5.69 Å². The van der Waals surface area contributed by atoms with Crippen LogP contribution in [-0.4, -0.2) is 9.55 Å². The Balaban J connectivity index is 2.57. The van der Waals surface area contributed by atoms with Gasteiger partial charge in [0, 0.05) is 17.6 Å². The van der Waals surface area contributed by atoms with Crippen molar-refractivity contribution in [1.82, 2.24) is 9.55 Å². The van der Waals surface area contributed by atoms with Gasteiger partial charge in [-0.15, -0.1) is 0 Å². The SMILES string of the molecule is Cc1cnc(CN)n1-c1cccc(F)c1. The highest BCUT2D eigenvalue weighted by Crippen LogP contribution is 2.15. The van der Waals surface area contributed by atoms with Gasteiger partial charge in [0.2, 0.25) is 0 Å². The zero-order valence-electron chi connectivity index (χ0n) is 8.44. The zero-order chi connectivity index (χ0) is 10.8. The van der Waals surface area contributed by atoms with Gasteiger partial charge in [-0.25, -0.2) is 9.37 Å². The molecule has 0 saturated heterocycles. The van der Waals surface area contributed by atoms with E-state index in [0.717, 1.165) is 17.2 Å². The van der Waals surface area contributed by atoms with Gasteiger partial charge < -0.3 is 5.73 Å². The fourth-order valence-corrected chi connectivity index (χ4v) is 1.60. The molecule has 4 heteroatoms. The molecule has 78 valence electrons. The summed E-state index contributed by atoms with van der Waals surface area (Å²) in [5, 5.41) is 0. The first kappa shape index (κ1) is 9.86. The summed E-state index contributed by atoms with van der Waals surface area (Å²) in [7, 11) is 0. The molecule has 0 saturated carbocycles. The van der Waals surface area contributed by atoms with E-state index in [1.165, 1.54) is 12.1 Å². The molecule has 2 N–H and O–H groups in total. The lowest BCUT2D eigenvalue weighted by atomic mass is 10.3. The number of benzene rings is 1. The number of halogens is 1. The molecule has 0 aliphatic carbocycles. The molecule has 1 aromatic heterocycles. The van der Waals surface area contributed by atoms with Crippen LogP contribution in [0.5, 0.6) is 0 Å². The highest BCUT2D eigenvalue weighted by atomic mass is 19.1. The molecule has 0 radical (unpaired) electrons. The van der Waals surface area contributed by atoms with Crippen molar-refractivity contribution in [2.45, 2.75) is 13.5 Å². The predicted molar refractivity (Wildman–Crippen MR) is 56.2 cm³/mol. The summed E-state index contributed by atoms with van der Waals surface area (Å²) in [4.78, 5) is 4.16. The van der Waals surface area contributed by atoms with Crippen LogP contribution in [0.15, 0.2) is 30.5 Å². The average molecular weight is 205 g/mol. The molecule has 0 amide bonds. The molecule has 2 aromatic rings. The number of nitrogens with two attached hydrogens (primary N) is 1. The molecule has 1 heterocycles. The summed E-state index contributed by atoms with van der Waals surface area (Å²) in [6.45, 7) is 2.25. The topological polar surface area (TPSA) is 43.8 Å². The third-order valence-electron chi connectivity index (χ3n) is 2.26. The van der Waals surface area contributed by atoms with Crippen LogP contribution >= 0.6 is 0 Å². The number of hydrogen-bond donors (Lipinski definition) is 1. The zero-order valence-corrected chi connectivity index (χ0v) is 8.44. The Kier molecular flexibility index (Phi) is 2.51. The fraction of sp³-hybridized carbons (Fsp3) is 0.182. The molecule has 0 aliphatic rings. The van der Waals surface area contributed by atoms with Crippen LogP contribution in [0.25, 0.3) is 5.69 Å². The van der Waals surface area contributed by atoms with Crippen LogP contribution < -0.4 is 5.73 Å². The Hall–Kier alpha value is -1.68. The molecule has 0 atom stereocenters. The van der Waals surface area contributed by atoms with E-state index in [4.69, 9.17) is 5.73 Å². The van der Waals surface area contributed by atoms with Crippen molar-refractivity contribution >= 4 is 0 Å². The minimum absolute atomic E-state index is 0.261. The summed E-state index contributed by atoms with van der Waals surface area (Å²) < 4.78 is 14.9. The largest absolute Gasteiger partial charge is 0.324 e. The lowest BCUT2D eigenvalue weighted by molar-refractivity contribution is 0.626. The smallest absolute Gasteiger partial charge is 0.127 e. The van der Waals surface area contributed by atoms with Crippen LogP contribution in [0.2, 0.25) is 0 Å². The molecule has 0 spiro atoms. The monoisotopic (exact) mass is 205 g/mol. The van der Waals surface area contributed by atoms with E-state index in [2.05, 4.69) is 4.98 Å². The Morgan fingerprint density at radius 3 is 2.93 bits per heavy atom. The maximum atomic E-state index is 13.1. The molecular weight excluding hydrogens is 193 g/mol.